The Hall–Kier alpha value is -4.58. The van der Waals surface area contributed by atoms with Gasteiger partial charge in [-0.3, -0.25) is 0 Å². The van der Waals surface area contributed by atoms with Crippen molar-refractivity contribution in [1.82, 2.24) is 20.3 Å². The lowest BCUT2D eigenvalue weighted by molar-refractivity contribution is 0.0329. The molecule has 0 bridgehead atoms. The second-order valence-corrected chi connectivity index (χ2v) is 13.3. The Kier molecular flexibility index (Phi) is 9.43. The van der Waals surface area contributed by atoms with Crippen molar-refractivity contribution in [3.05, 3.63) is 126 Å². The van der Waals surface area contributed by atoms with Crippen LogP contribution in [0.1, 0.15) is 24.0 Å². The predicted molar refractivity (Wildman–Crippen MR) is 175 cm³/mol. The van der Waals surface area contributed by atoms with Crippen LogP contribution in [-0.4, -0.2) is 42.2 Å². The number of ether oxygens (including phenoxy) is 2. The van der Waals surface area contributed by atoms with Crippen LogP contribution in [0.2, 0.25) is 5.02 Å². The first kappa shape index (κ1) is 31.4. The molecule has 5 aromatic rings. The first-order valence-corrected chi connectivity index (χ1v) is 16.7. The maximum Gasteiger partial charge on any atom is 0.196 e. The highest BCUT2D eigenvalue weighted by Gasteiger charge is 2.35. The Morgan fingerprint density at radius 3 is 2.67 bits per heavy atom. The number of hydrogen-bond donors (Lipinski definition) is 2. The molecule has 6 rings (SSSR count). The molecule has 2 N–H and O–H groups in total. The van der Waals surface area contributed by atoms with Gasteiger partial charge in [-0.1, -0.05) is 35.9 Å². The van der Waals surface area contributed by atoms with E-state index in [1.165, 1.54) is 30.7 Å². The van der Waals surface area contributed by atoms with Crippen LogP contribution in [0.5, 0.6) is 5.75 Å². The van der Waals surface area contributed by atoms with Crippen LogP contribution in [0.3, 0.4) is 0 Å². The molecule has 0 saturated heterocycles. The van der Waals surface area contributed by atoms with Crippen molar-refractivity contribution in [2.75, 3.05) is 24.2 Å². The van der Waals surface area contributed by atoms with Crippen molar-refractivity contribution in [1.29, 1.82) is 0 Å². The maximum absolute atomic E-state index is 13.5. The van der Waals surface area contributed by atoms with Crippen molar-refractivity contribution < 1.29 is 22.3 Å². The van der Waals surface area contributed by atoms with E-state index in [9.17, 15) is 12.8 Å². The van der Waals surface area contributed by atoms with Gasteiger partial charge in [0.25, 0.3) is 0 Å². The van der Waals surface area contributed by atoms with E-state index in [-0.39, 0.29) is 23.2 Å². The van der Waals surface area contributed by atoms with Crippen molar-refractivity contribution in [3.63, 3.8) is 0 Å². The summed E-state index contributed by atoms with van der Waals surface area (Å²) >= 11 is 6.53. The third-order valence-electron chi connectivity index (χ3n) is 7.69. The summed E-state index contributed by atoms with van der Waals surface area (Å²) in [5.74, 6) is 0.690. The Bertz CT molecular complexity index is 1970. The normalized spacial score (nSPS) is 16.0. The number of halogens is 2. The molecule has 9 nitrogen and oxygen atoms in total. The van der Waals surface area contributed by atoms with Crippen LogP contribution in [0.15, 0.2) is 109 Å². The molecule has 0 aliphatic carbocycles. The summed E-state index contributed by atoms with van der Waals surface area (Å²) in [4.78, 5) is 12.9. The molecule has 0 fully saturated rings. The van der Waals surface area contributed by atoms with Gasteiger partial charge >= 0.3 is 0 Å². The number of pyridine rings is 1. The minimum absolute atomic E-state index is 0.0530. The van der Waals surface area contributed by atoms with Gasteiger partial charge in [-0.2, -0.15) is 0 Å². The standard InChI is InChI=1S/C34H31ClFN5O4S/c35-29-21-27(9-11-31(29)44-22-24-5-3-6-26(36)19-24)41-33-28-20-25(8-10-30(28)39-23-40-33)34(12-4-17-45-34)13-15-37-16-18-46(42,43)32-7-1-2-14-38-32/h1-11,14,17,19-21,23,37H,12-13,15-16,18,22H2,(H,39,40,41). The summed E-state index contributed by atoms with van der Waals surface area (Å²) in [7, 11) is -3.47. The number of benzene rings is 3. The van der Waals surface area contributed by atoms with E-state index in [2.05, 4.69) is 25.6 Å². The van der Waals surface area contributed by atoms with Crippen molar-refractivity contribution in [2.24, 2.45) is 0 Å². The topological polar surface area (TPSA) is 115 Å². The van der Waals surface area contributed by atoms with Gasteiger partial charge < -0.3 is 20.1 Å². The van der Waals surface area contributed by atoms with E-state index in [0.717, 1.165) is 16.5 Å². The Balaban J connectivity index is 1.13. The van der Waals surface area contributed by atoms with Gasteiger partial charge in [0.1, 0.15) is 35.9 Å². The fraction of sp³-hybridized carbons (Fsp3) is 0.206. The third kappa shape index (κ3) is 7.28. The van der Waals surface area contributed by atoms with Gasteiger partial charge in [-0.25, -0.2) is 27.8 Å². The molecule has 1 aliphatic heterocycles. The van der Waals surface area contributed by atoms with Crippen LogP contribution in [0.4, 0.5) is 15.9 Å². The molecule has 12 heteroatoms. The minimum atomic E-state index is -3.47. The molecule has 236 valence electrons. The first-order valence-electron chi connectivity index (χ1n) is 14.7. The molecule has 0 saturated carbocycles. The van der Waals surface area contributed by atoms with Gasteiger partial charge in [0, 0.05) is 36.7 Å². The van der Waals surface area contributed by atoms with E-state index in [1.54, 1.807) is 42.7 Å². The summed E-state index contributed by atoms with van der Waals surface area (Å²) in [6, 6.07) is 22.4. The lowest BCUT2D eigenvalue weighted by atomic mass is 9.87. The van der Waals surface area contributed by atoms with Gasteiger partial charge in [0.05, 0.1) is 22.6 Å². The lowest BCUT2D eigenvalue weighted by Gasteiger charge is -2.30. The van der Waals surface area contributed by atoms with Crippen LogP contribution in [-0.2, 0) is 26.8 Å². The highest BCUT2D eigenvalue weighted by molar-refractivity contribution is 7.91. The molecule has 1 aliphatic rings. The average molecular weight is 660 g/mol. The summed E-state index contributed by atoms with van der Waals surface area (Å²) in [6.07, 6.45) is 7.93. The number of hydrogen-bond acceptors (Lipinski definition) is 9. The molecule has 0 spiro atoms. The monoisotopic (exact) mass is 659 g/mol. The number of sulfone groups is 1. The maximum atomic E-state index is 13.5. The summed E-state index contributed by atoms with van der Waals surface area (Å²) in [6.45, 7) is 1.02. The van der Waals surface area contributed by atoms with E-state index in [0.29, 0.717) is 53.8 Å². The average Bonchev–Trinajstić information content (AvgIpc) is 3.55. The highest BCUT2D eigenvalue weighted by Crippen LogP contribution is 2.40. The van der Waals surface area contributed by atoms with E-state index >= 15 is 0 Å². The molecule has 46 heavy (non-hydrogen) atoms. The van der Waals surface area contributed by atoms with Crippen molar-refractivity contribution in [2.45, 2.75) is 30.1 Å². The number of rotatable bonds is 13. The van der Waals surface area contributed by atoms with Gasteiger partial charge in [0.15, 0.2) is 14.9 Å². The fourth-order valence-electron chi connectivity index (χ4n) is 5.27. The van der Waals surface area contributed by atoms with Crippen LogP contribution >= 0.6 is 11.6 Å². The lowest BCUT2D eigenvalue weighted by Crippen LogP contribution is -2.32. The molecular weight excluding hydrogens is 629 g/mol. The Morgan fingerprint density at radius 2 is 1.89 bits per heavy atom. The predicted octanol–water partition coefficient (Wildman–Crippen LogP) is 6.72. The van der Waals surface area contributed by atoms with E-state index in [1.807, 2.05) is 30.3 Å². The van der Waals surface area contributed by atoms with Crippen LogP contribution in [0, 0.1) is 5.82 Å². The number of fused-ring (bicyclic) bond motifs is 1. The molecule has 2 aromatic heterocycles. The van der Waals surface area contributed by atoms with Crippen LogP contribution in [0.25, 0.3) is 10.9 Å². The van der Waals surface area contributed by atoms with Gasteiger partial charge in [0.2, 0.25) is 0 Å². The summed E-state index contributed by atoms with van der Waals surface area (Å²) < 4.78 is 50.6. The van der Waals surface area contributed by atoms with E-state index in [4.69, 9.17) is 21.1 Å². The first-order chi connectivity index (χ1) is 22.3. The number of nitrogens with one attached hydrogen (secondary N) is 2. The fourth-order valence-corrected chi connectivity index (χ4v) is 6.64. The Labute approximate surface area is 271 Å². The molecular formula is C34H31ClFN5O4S. The zero-order valence-corrected chi connectivity index (χ0v) is 26.3. The summed E-state index contributed by atoms with van der Waals surface area (Å²) in [5, 5.41) is 7.86. The van der Waals surface area contributed by atoms with Gasteiger partial charge in [-0.05, 0) is 78.3 Å². The molecule has 0 amide bonds. The molecule has 1 atom stereocenters. The second kappa shape index (κ2) is 13.8. The minimum Gasteiger partial charge on any atom is -0.490 e. The van der Waals surface area contributed by atoms with Crippen molar-refractivity contribution in [3.8, 4) is 5.75 Å². The number of aromatic nitrogens is 3. The third-order valence-corrected chi connectivity index (χ3v) is 9.60. The quantitative estimate of drug-likeness (QED) is 0.133. The van der Waals surface area contributed by atoms with Crippen molar-refractivity contribution >= 4 is 43.8 Å². The molecule has 3 heterocycles. The summed E-state index contributed by atoms with van der Waals surface area (Å²) in [5.41, 5.74) is 2.47. The second-order valence-electron chi connectivity index (χ2n) is 10.8. The van der Waals surface area contributed by atoms with Crippen LogP contribution < -0.4 is 15.4 Å². The zero-order chi connectivity index (χ0) is 32.0. The zero-order valence-electron chi connectivity index (χ0n) is 24.7. The smallest absolute Gasteiger partial charge is 0.196 e. The largest absolute Gasteiger partial charge is 0.490 e. The highest BCUT2D eigenvalue weighted by atomic mass is 35.5. The molecule has 3 aromatic carbocycles. The Morgan fingerprint density at radius 1 is 0.978 bits per heavy atom. The molecule has 0 radical (unpaired) electrons. The van der Waals surface area contributed by atoms with Gasteiger partial charge in [-0.15, -0.1) is 0 Å². The number of nitrogens with zero attached hydrogens (tertiary/aromatic N) is 3. The SMILES string of the molecule is O=S(=O)(CCNCCC1(c2ccc3ncnc(Nc4ccc(OCc5cccc(F)c5)c(Cl)c4)c3c2)CC=CO1)c1ccccn1. The number of anilines is 2. The molecule has 1 unspecified atom stereocenters. The van der Waals surface area contributed by atoms with E-state index < -0.39 is 15.4 Å².